The molecule has 1 rings (SSSR count). The van der Waals surface area contributed by atoms with Gasteiger partial charge in [0.25, 0.3) is 0 Å². The summed E-state index contributed by atoms with van der Waals surface area (Å²) < 4.78 is 0. The van der Waals surface area contributed by atoms with Gasteiger partial charge in [-0.2, -0.15) is 0 Å². The van der Waals surface area contributed by atoms with Gasteiger partial charge in [0.05, 0.1) is 0 Å². The van der Waals surface area contributed by atoms with E-state index in [1.807, 2.05) is 0 Å². The Morgan fingerprint density at radius 1 is 1.29 bits per heavy atom. The second-order valence-corrected chi connectivity index (χ2v) is 5.18. The molecular weight excluding hydrogens is 170 g/mol. The molecule has 0 aromatic rings. The standard InChI is InChI=1S/C13H27N/c1-4-14(3)10-6-9-13-8-5-7-12(2)11-13/h12-13H,4-11H2,1-3H3. The van der Waals surface area contributed by atoms with Crippen molar-refractivity contribution in [1.82, 2.24) is 4.90 Å². The van der Waals surface area contributed by atoms with E-state index in [0.29, 0.717) is 0 Å². The van der Waals surface area contributed by atoms with Crippen LogP contribution >= 0.6 is 0 Å². The molecule has 84 valence electrons. The average Bonchev–Trinajstić information content (AvgIpc) is 2.17. The first kappa shape index (κ1) is 12.0. The molecule has 0 N–H and O–H groups in total. The zero-order valence-corrected chi connectivity index (χ0v) is 10.3. The maximum atomic E-state index is 2.42. The van der Waals surface area contributed by atoms with Gasteiger partial charge in [0.2, 0.25) is 0 Å². The molecule has 1 saturated carbocycles. The summed E-state index contributed by atoms with van der Waals surface area (Å²) in [4.78, 5) is 2.42. The molecule has 0 radical (unpaired) electrons. The first-order chi connectivity index (χ1) is 6.72. The van der Waals surface area contributed by atoms with Crippen molar-refractivity contribution < 1.29 is 0 Å². The zero-order chi connectivity index (χ0) is 10.4. The molecule has 2 unspecified atom stereocenters. The van der Waals surface area contributed by atoms with E-state index in [2.05, 4.69) is 25.8 Å². The minimum Gasteiger partial charge on any atom is -0.307 e. The van der Waals surface area contributed by atoms with E-state index in [9.17, 15) is 0 Å². The van der Waals surface area contributed by atoms with Crippen molar-refractivity contribution >= 4 is 0 Å². The normalized spacial score (nSPS) is 28.3. The van der Waals surface area contributed by atoms with Gasteiger partial charge in [0.15, 0.2) is 0 Å². The molecule has 1 fully saturated rings. The Morgan fingerprint density at radius 3 is 2.71 bits per heavy atom. The molecule has 14 heavy (non-hydrogen) atoms. The molecular formula is C13H27N. The van der Waals surface area contributed by atoms with Crippen LogP contribution in [-0.2, 0) is 0 Å². The van der Waals surface area contributed by atoms with E-state index in [-0.39, 0.29) is 0 Å². The maximum Gasteiger partial charge on any atom is -0.00218 e. The lowest BCUT2D eigenvalue weighted by Gasteiger charge is -2.27. The summed E-state index contributed by atoms with van der Waals surface area (Å²) in [5.41, 5.74) is 0. The topological polar surface area (TPSA) is 3.24 Å². The summed E-state index contributed by atoms with van der Waals surface area (Å²) in [7, 11) is 2.23. The Bertz CT molecular complexity index is 144. The van der Waals surface area contributed by atoms with Gasteiger partial charge in [-0.15, -0.1) is 0 Å². The van der Waals surface area contributed by atoms with E-state index in [4.69, 9.17) is 0 Å². The quantitative estimate of drug-likeness (QED) is 0.651. The van der Waals surface area contributed by atoms with Crippen molar-refractivity contribution in [3.63, 3.8) is 0 Å². The van der Waals surface area contributed by atoms with Crippen molar-refractivity contribution in [2.75, 3.05) is 20.1 Å². The third-order valence-electron chi connectivity index (χ3n) is 3.74. The minimum atomic E-state index is 0.998. The monoisotopic (exact) mass is 197 g/mol. The highest BCUT2D eigenvalue weighted by atomic mass is 15.1. The van der Waals surface area contributed by atoms with Crippen molar-refractivity contribution in [1.29, 1.82) is 0 Å². The van der Waals surface area contributed by atoms with Crippen LogP contribution < -0.4 is 0 Å². The SMILES string of the molecule is CCN(C)CCCC1CCCC(C)C1. The van der Waals surface area contributed by atoms with Crippen LogP contribution in [0.15, 0.2) is 0 Å². The van der Waals surface area contributed by atoms with E-state index < -0.39 is 0 Å². The molecule has 0 bridgehead atoms. The summed E-state index contributed by atoms with van der Waals surface area (Å²) >= 11 is 0. The number of rotatable bonds is 5. The summed E-state index contributed by atoms with van der Waals surface area (Å²) in [5, 5.41) is 0. The Morgan fingerprint density at radius 2 is 2.07 bits per heavy atom. The lowest BCUT2D eigenvalue weighted by Crippen LogP contribution is -2.20. The zero-order valence-electron chi connectivity index (χ0n) is 10.3. The molecule has 0 saturated heterocycles. The summed E-state index contributed by atoms with van der Waals surface area (Å²) in [6, 6.07) is 0. The van der Waals surface area contributed by atoms with Gasteiger partial charge in [-0.25, -0.2) is 0 Å². The van der Waals surface area contributed by atoms with Gasteiger partial charge in [0, 0.05) is 0 Å². The van der Waals surface area contributed by atoms with Crippen LogP contribution in [0, 0.1) is 11.8 Å². The lowest BCUT2D eigenvalue weighted by atomic mass is 9.80. The second-order valence-electron chi connectivity index (χ2n) is 5.18. The molecule has 2 atom stereocenters. The number of nitrogens with zero attached hydrogens (tertiary/aromatic N) is 1. The average molecular weight is 197 g/mol. The summed E-state index contributed by atoms with van der Waals surface area (Å²) in [5.74, 6) is 2.04. The maximum absolute atomic E-state index is 2.42. The minimum absolute atomic E-state index is 0.998. The van der Waals surface area contributed by atoms with E-state index in [0.717, 1.165) is 11.8 Å². The Hall–Kier alpha value is -0.0400. The number of hydrogen-bond donors (Lipinski definition) is 0. The molecule has 1 aliphatic carbocycles. The molecule has 0 aromatic carbocycles. The summed E-state index contributed by atoms with van der Waals surface area (Å²) in [6.07, 6.45) is 8.83. The van der Waals surface area contributed by atoms with E-state index >= 15 is 0 Å². The largest absolute Gasteiger partial charge is 0.307 e. The fraction of sp³-hybridized carbons (Fsp3) is 1.00. The van der Waals surface area contributed by atoms with Crippen LogP contribution in [0.1, 0.15) is 52.4 Å². The highest BCUT2D eigenvalue weighted by Crippen LogP contribution is 2.31. The van der Waals surface area contributed by atoms with Crippen molar-refractivity contribution in [3.8, 4) is 0 Å². The molecule has 1 heteroatoms. The van der Waals surface area contributed by atoms with Gasteiger partial charge in [0.1, 0.15) is 0 Å². The van der Waals surface area contributed by atoms with Crippen LogP contribution in [0.5, 0.6) is 0 Å². The van der Waals surface area contributed by atoms with Crippen LogP contribution in [0.25, 0.3) is 0 Å². The van der Waals surface area contributed by atoms with Crippen LogP contribution in [0.4, 0.5) is 0 Å². The third-order valence-corrected chi connectivity index (χ3v) is 3.74. The van der Waals surface area contributed by atoms with E-state index in [1.165, 1.54) is 51.6 Å². The predicted octanol–water partition coefficient (Wildman–Crippen LogP) is 3.54. The first-order valence-electron chi connectivity index (χ1n) is 6.41. The highest BCUT2D eigenvalue weighted by Gasteiger charge is 2.18. The van der Waals surface area contributed by atoms with Crippen LogP contribution in [0.3, 0.4) is 0 Å². The van der Waals surface area contributed by atoms with Crippen molar-refractivity contribution in [2.45, 2.75) is 52.4 Å². The number of hydrogen-bond acceptors (Lipinski definition) is 1. The van der Waals surface area contributed by atoms with Crippen LogP contribution in [-0.4, -0.2) is 25.0 Å². The fourth-order valence-corrected chi connectivity index (χ4v) is 2.63. The highest BCUT2D eigenvalue weighted by molar-refractivity contribution is 4.70. The Labute approximate surface area is 89.9 Å². The van der Waals surface area contributed by atoms with Crippen molar-refractivity contribution in [2.24, 2.45) is 11.8 Å². The van der Waals surface area contributed by atoms with Gasteiger partial charge < -0.3 is 4.90 Å². The fourth-order valence-electron chi connectivity index (χ4n) is 2.63. The molecule has 1 aliphatic rings. The van der Waals surface area contributed by atoms with Gasteiger partial charge in [-0.05, 0) is 51.2 Å². The molecule has 0 aliphatic heterocycles. The smallest absolute Gasteiger partial charge is 0.00218 e. The van der Waals surface area contributed by atoms with Crippen LogP contribution in [0.2, 0.25) is 0 Å². The van der Waals surface area contributed by atoms with Crippen molar-refractivity contribution in [3.05, 3.63) is 0 Å². The molecule has 0 aromatic heterocycles. The second kappa shape index (κ2) is 6.44. The Kier molecular flexibility index (Phi) is 5.54. The summed E-state index contributed by atoms with van der Waals surface area (Å²) in [6.45, 7) is 7.15. The Balaban J connectivity index is 2.05. The molecule has 0 heterocycles. The lowest BCUT2D eigenvalue weighted by molar-refractivity contribution is 0.250. The van der Waals surface area contributed by atoms with E-state index in [1.54, 1.807) is 0 Å². The van der Waals surface area contributed by atoms with Gasteiger partial charge >= 0.3 is 0 Å². The molecule has 0 amide bonds. The molecule has 0 spiro atoms. The first-order valence-corrected chi connectivity index (χ1v) is 6.41. The molecule has 1 nitrogen and oxygen atoms in total. The van der Waals surface area contributed by atoms with Gasteiger partial charge in [-0.3, -0.25) is 0 Å². The van der Waals surface area contributed by atoms with Gasteiger partial charge in [-0.1, -0.05) is 33.1 Å². The third kappa shape index (κ3) is 4.45. The predicted molar refractivity (Wildman–Crippen MR) is 63.5 cm³/mol.